The first-order valence-corrected chi connectivity index (χ1v) is 7.52. The second-order valence-corrected chi connectivity index (χ2v) is 6.42. The van der Waals surface area contributed by atoms with Gasteiger partial charge in [-0.2, -0.15) is 0 Å². The SMILES string of the molecule is CC1CN(C(=O)Cc2ccc(Cl)c(Cl)c2)CCC1Cl. The van der Waals surface area contributed by atoms with Crippen LogP contribution in [0.1, 0.15) is 18.9 Å². The van der Waals surface area contributed by atoms with Crippen molar-refractivity contribution in [3.63, 3.8) is 0 Å². The zero-order valence-corrected chi connectivity index (χ0v) is 13.0. The van der Waals surface area contributed by atoms with Crippen molar-refractivity contribution >= 4 is 40.7 Å². The monoisotopic (exact) mass is 319 g/mol. The van der Waals surface area contributed by atoms with E-state index in [4.69, 9.17) is 34.8 Å². The molecule has 0 spiro atoms. The lowest BCUT2D eigenvalue weighted by Gasteiger charge is -2.34. The van der Waals surface area contributed by atoms with Crippen molar-refractivity contribution in [3.8, 4) is 0 Å². The van der Waals surface area contributed by atoms with Gasteiger partial charge in [0.15, 0.2) is 0 Å². The number of carbonyl (C=O) groups excluding carboxylic acids is 1. The van der Waals surface area contributed by atoms with Crippen molar-refractivity contribution < 1.29 is 4.79 Å². The summed E-state index contributed by atoms with van der Waals surface area (Å²) in [4.78, 5) is 14.1. The number of likely N-dealkylation sites (tertiary alicyclic amines) is 1. The summed E-state index contributed by atoms with van der Waals surface area (Å²) >= 11 is 18.0. The number of nitrogens with zero attached hydrogens (tertiary/aromatic N) is 1. The van der Waals surface area contributed by atoms with Gasteiger partial charge in [-0.25, -0.2) is 0 Å². The average molecular weight is 321 g/mol. The Kier molecular flexibility index (Phi) is 4.99. The summed E-state index contributed by atoms with van der Waals surface area (Å²) in [7, 11) is 0. The lowest BCUT2D eigenvalue weighted by atomic mass is 9.99. The van der Waals surface area contributed by atoms with Crippen LogP contribution in [0.5, 0.6) is 0 Å². The molecule has 1 heterocycles. The molecule has 0 N–H and O–H groups in total. The van der Waals surface area contributed by atoms with Crippen molar-refractivity contribution in [1.29, 1.82) is 0 Å². The number of carbonyl (C=O) groups is 1. The Morgan fingerprint density at radius 1 is 1.37 bits per heavy atom. The number of halogens is 3. The molecule has 2 rings (SSSR count). The molecule has 1 saturated heterocycles. The van der Waals surface area contributed by atoms with Crippen LogP contribution >= 0.6 is 34.8 Å². The summed E-state index contributed by atoms with van der Waals surface area (Å²) in [6.45, 7) is 3.54. The minimum Gasteiger partial charge on any atom is -0.342 e. The van der Waals surface area contributed by atoms with Gasteiger partial charge in [0.05, 0.1) is 16.5 Å². The highest BCUT2D eigenvalue weighted by Gasteiger charge is 2.27. The molecule has 2 unspecified atom stereocenters. The maximum atomic E-state index is 12.2. The lowest BCUT2D eigenvalue weighted by molar-refractivity contribution is -0.132. The molecule has 1 aromatic carbocycles. The standard InChI is InChI=1S/C14H16Cl3NO/c1-9-8-18(5-4-11(9)15)14(19)7-10-2-3-12(16)13(17)6-10/h2-3,6,9,11H,4-5,7-8H2,1H3. The zero-order valence-electron chi connectivity index (χ0n) is 10.7. The van der Waals surface area contributed by atoms with E-state index in [1.807, 2.05) is 11.0 Å². The van der Waals surface area contributed by atoms with E-state index in [2.05, 4.69) is 6.92 Å². The van der Waals surface area contributed by atoms with Gasteiger partial charge in [0, 0.05) is 18.5 Å². The van der Waals surface area contributed by atoms with Gasteiger partial charge in [0.1, 0.15) is 0 Å². The van der Waals surface area contributed by atoms with Crippen LogP contribution in [0.25, 0.3) is 0 Å². The first kappa shape index (κ1) is 15.0. The van der Waals surface area contributed by atoms with E-state index in [0.717, 1.165) is 25.1 Å². The Morgan fingerprint density at radius 3 is 2.74 bits per heavy atom. The van der Waals surface area contributed by atoms with Gasteiger partial charge in [0.25, 0.3) is 0 Å². The second-order valence-electron chi connectivity index (χ2n) is 5.05. The predicted octanol–water partition coefficient (Wildman–Crippen LogP) is 4.01. The van der Waals surface area contributed by atoms with Crippen LogP contribution in [-0.2, 0) is 11.2 Å². The number of piperidine rings is 1. The molecule has 1 aliphatic rings. The molecule has 5 heteroatoms. The molecule has 1 amide bonds. The molecule has 2 atom stereocenters. The Labute approximate surface area is 128 Å². The molecule has 1 fully saturated rings. The number of amides is 1. The maximum absolute atomic E-state index is 12.2. The van der Waals surface area contributed by atoms with Gasteiger partial charge < -0.3 is 4.90 Å². The highest BCUT2D eigenvalue weighted by Crippen LogP contribution is 2.25. The molecular formula is C14H16Cl3NO. The van der Waals surface area contributed by atoms with Gasteiger partial charge in [-0.15, -0.1) is 11.6 Å². The summed E-state index contributed by atoms with van der Waals surface area (Å²) in [5.41, 5.74) is 0.889. The Morgan fingerprint density at radius 2 is 2.11 bits per heavy atom. The van der Waals surface area contributed by atoms with Crippen molar-refractivity contribution in [1.82, 2.24) is 4.90 Å². The molecule has 0 aliphatic carbocycles. The summed E-state index contributed by atoms with van der Waals surface area (Å²) in [6, 6.07) is 5.31. The Hall–Kier alpha value is -0.440. The number of benzene rings is 1. The molecule has 0 saturated carbocycles. The van der Waals surface area contributed by atoms with Crippen LogP contribution in [0.4, 0.5) is 0 Å². The molecule has 0 radical (unpaired) electrons. The van der Waals surface area contributed by atoms with Crippen LogP contribution in [0.15, 0.2) is 18.2 Å². The van der Waals surface area contributed by atoms with Gasteiger partial charge in [-0.3, -0.25) is 4.79 Å². The number of alkyl halides is 1. The molecule has 0 aromatic heterocycles. The minimum absolute atomic E-state index is 0.119. The third kappa shape index (κ3) is 3.77. The minimum atomic E-state index is 0.119. The van der Waals surface area contributed by atoms with Crippen molar-refractivity contribution in [2.24, 2.45) is 5.92 Å². The first-order chi connectivity index (χ1) is 8.97. The topological polar surface area (TPSA) is 20.3 Å². The molecule has 2 nitrogen and oxygen atoms in total. The molecule has 1 aliphatic heterocycles. The summed E-state index contributed by atoms with van der Waals surface area (Å²) in [5, 5.41) is 1.17. The van der Waals surface area contributed by atoms with Crippen molar-refractivity contribution in [3.05, 3.63) is 33.8 Å². The van der Waals surface area contributed by atoms with Gasteiger partial charge in [0.2, 0.25) is 5.91 Å². The molecule has 19 heavy (non-hydrogen) atoms. The summed E-state index contributed by atoms with van der Waals surface area (Å²) < 4.78 is 0. The van der Waals surface area contributed by atoms with E-state index >= 15 is 0 Å². The Bertz CT molecular complexity index is 478. The molecule has 104 valence electrons. The quantitative estimate of drug-likeness (QED) is 0.754. The van der Waals surface area contributed by atoms with E-state index in [9.17, 15) is 4.79 Å². The average Bonchev–Trinajstić information content (AvgIpc) is 2.37. The highest BCUT2D eigenvalue weighted by atomic mass is 35.5. The molecular weight excluding hydrogens is 305 g/mol. The third-order valence-electron chi connectivity index (χ3n) is 3.49. The fourth-order valence-corrected chi connectivity index (χ4v) is 2.78. The molecule has 1 aromatic rings. The number of rotatable bonds is 2. The van der Waals surface area contributed by atoms with Crippen molar-refractivity contribution in [2.75, 3.05) is 13.1 Å². The maximum Gasteiger partial charge on any atom is 0.227 e. The Balaban J connectivity index is 1.99. The van der Waals surface area contributed by atoms with E-state index in [0.29, 0.717) is 22.4 Å². The largest absolute Gasteiger partial charge is 0.342 e. The van der Waals surface area contributed by atoms with Crippen molar-refractivity contribution in [2.45, 2.75) is 25.1 Å². The van der Waals surface area contributed by atoms with Crippen LogP contribution in [0.3, 0.4) is 0 Å². The second kappa shape index (κ2) is 6.34. The number of hydrogen-bond acceptors (Lipinski definition) is 1. The normalized spacial score (nSPS) is 23.5. The van der Waals surface area contributed by atoms with E-state index in [-0.39, 0.29) is 11.3 Å². The van der Waals surface area contributed by atoms with Crippen LogP contribution in [0.2, 0.25) is 10.0 Å². The zero-order chi connectivity index (χ0) is 14.0. The fourth-order valence-electron chi connectivity index (χ4n) is 2.28. The van der Waals surface area contributed by atoms with Crippen LogP contribution < -0.4 is 0 Å². The lowest BCUT2D eigenvalue weighted by Crippen LogP contribution is -2.44. The van der Waals surface area contributed by atoms with Gasteiger partial charge in [-0.1, -0.05) is 36.2 Å². The fraction of sp³-hybridized carbons (Fsp3) is 0.500. The van der Waals surface area contributed by atoms with Gasteiger partial charge >= 0.3 is 0 Å². The first-order valence-electron chi connectivity index (χ1n) is 6.33. The van der Waals surface area contributed by atoms with E-state index in [1.165, 1.54) is 0 Å². The smallest absolute Gasteiger partial charge is 0.227 e. The highest BCUT2D eigenvalue weighted by molar-refractivity contribution is 6.42. The summed E-state index contributed by atoms with van der Waals surface area (Å²) in [6.07, 6.45) is 1.21. The van der Waals surface area contributed by atoms with Gasteiger partial charge in [-0.05, 0) is 30.0 Å². The summed E-state index contributed by atoms with van der Waals surface area (Å²) in [5.74, 6) is 0.460. The van der Waals surface area contributed by atoms with Crippen LogP contribution in [-0.4, -0.2) is 29.3 Å². The third-order valence-corrected chi connectivity index (χ3v) is 4.88. The van der Waals surface area contributed by atoms with Crippen LogP contribution in [0, 0.1) is 5.92 Å². The predicted molar refractivity (Wildman–Crippen MR) is 80.2 cm³/mol. The van der Waals surface area contributed by atoms with E-state index < -0.39 is 0 Å². The number of hydrogen-bond donors (Lipinski definition) is 0. The van der Waals surface area contributed by atoms with E-state index in [1.54, 1.807) is 12.1 Å². The molecule has 0 bridgehead atoms.